The molecule has 0 saturated carbocycles. The zero-order valence-corrected chi connectivity index (χ0v) is 17.8. The van der Waals surface area contributed by atoms with E-state index in [4.69, 9.17) is 9.15 Å². The molecule has 0 amide bonds. The molecule has 4 heterocycles. The molecule has 184 valence electrons. The summed E-state index contributed by atoms with van der Waals surface area (Å²) in [5.74, 6) is 0.210. The van der Waals surface area contributed by atoms with Gasteiger partial charge in [-0.1, -0.05) is 12.1 Å². The molecule has 7 nitrogen and oxygen atoms in total. The summed E-state index contributed by atoms with van der Waals surface area (Å²) in [7, 11) is 0. The highest BCUT2D eigenvalue weighted by Crippen LogP contribution is 2.34. The fourth-order valence-electron chi connectivity index (χ4n) is 3.79. The predicted molar refractivity (Wildman–Crippen MR) is 111 cm³/mol. The van der Waals surface area contributed by atoms with Crippen molar-refractivity contribution in [2.45, 2.75) is 31.3 Å². The number of nitrogens with zero attached hydrogens (tertiary/aromatic N) is 5. The van der Waals surface area contributed by atoms with Crippen molar-refractivity contribution in [2.75, 3.05) is 18.0 Å². The van der Waals surface area contributed by atoms with Gasteiger partial charge in [-0.3, -0.25) is 0 Å². The molecule has 3 aromatic heterocycles. The first-order chi connectivity index (χ1) is 16.6. The molecule has 0 radical (unpaired) electrons. The van der Waals surface area contributed by atoms with Crippen LogP contribution in [0, 0.1) is 0 Å². The number of ether oxygens (including phenoxy) is 1. The van der Waals surface area contributed by atoms with Crippen molar-refractivity contribution in [3.05, 3.63) is 59.9 Å². The first-order valence-corrected chi connectivity index (χ1v) is 10.6. The number of pyridine rings is 1. The molecule has 1 aliphatic rings. The molecular weight excluding hydrogens is 480 g/mol. The molecule has 13 heteroatoms. The molecule has 35 heavy (non-hydrogen) atoms. The fraction of sp³-hybridized carbons (Fsp3) is 0.318. The smallest absolute Gasteiger partial charge is 0.435 e. The lowest BCUT2D eigenvalue weighted by atomic mass is 10.1. The molecule has 0 aliphatic carbocycles. The van der Waals surface area contributed by atoms with Crippen molar-refractivity contribution in [2.24, 2.45) is 0 Å². The lowest BCUT2D eigenvalue weighted by Gasteiger charge is -2.32. The number of hydrogen-bond donors (Lipinski definition) is 0. The molecule has 1 saturated heterocycles. The topological polar surface area (TPSA) is 69.2 Å². The van der Waals surface area contributed by atoms with Crippen LogP contribution in [0.1, 0.15) is 24.1 Å². The molecule has 1 fully saturated rings. The van der Waals surface area contributed by atoms with E-state index in [2.05, 4.69) is 15.1 Å². The van der Waals surface area contributed by atoms with Gasteiger partial charge in [-0.2, -0.15) is 36.4 Å². The number of halogens is 6. The highest BCUT2D eigenvalue weighted by atomic mass is 19.4. The van der Waals surface area contributed by atoms with Gasteiger partial charge in [0.15, 0.2) is 11.3 Å². The van der Waals surface area contributed by atoms with Gasteiger partial charge in [0.1, 0.15) is 17.4 Å². The Morgan fingerprint density at radius 2 is 1.69 bits per heavy atom. The predicted octanol–water partition coefficient (Wildman–Crippen LogP) is 5.49. The molecule has 0 atom stereocenters. The third-order valence-corrected chi connectivity index (χ3v) is 5.56. The first kappa shape index (κ1) is 23.0. The van der Waals surface area contributed by atoms with E-state index in [1.54, 1.807) is 29.2 Å². The van der Waals surface area contributed by atoms with Gasteiger partial charge < -0.3 is 14.1 Å². The number of rotatable bonds is 4. The number of benzene rings is 1. The van der Waals surface area contributed by atoms with E-state index in [1.165, 1.54) is 6.07 Å². The number of fused-ring (bicyclic) bond motifs is 1. The number of hydrogen-bond acceptors (Lipinski definition) is 6. The Morgan fingerprint density at radius 3 is 2.31 bits per heavy atom. The summed E-state index contributed by atoms with van der Waals surface area (Å²) in [6, 6.07) is 9.59. The molecule has 0 bridgehead atoms. The van der Waals surface area contributed by atoms with Crippen LogP contribution in [0.3, 0.4) is 0 Å². The summed E-state index contributed by atoms with van der Waals surface area (Å²) in [6.07, 6.45) is -8.05. The monoisotopic (exact) mass is 497 g/mol. The van der Waals surface area contributed by atoms with E-state index in [-0.39, 0.29) is 11.9 Å². The maximum absolute atomic E-state index is 13.4. The lowest BCUT2D eigenvalue weighted by molar-refractivity contribution is -0.141. The van der Waals surface area contributed by atoms with Crippen molar-refractivity contribution in [3.63, 3.8) is 0 Å². The van der Waals surface area contributed by atoms with E-state index in [0.29, 0.717) is 42.8 Å². The average Bonchev–Trinajstić information content (AvgIpc) is 3.43. The van der Waals surface area contributed by atoms with Crippen molar-refractivity contribution < 1.29 is 35.5 Å². The van der Waals surface area contributed by atoms with Crippen LogP contribution >= 0.6 is 0 Å². The summed E-state index contributed by atoms with van der Waals surface area (Å²) >= 11 is 0. The molecule has 0 spiro atoms. The molecule has 5 rings (SSSR count). The summed E-state index contributed by atoms with van der Waals surface area (Å²) in [5.41, 5.74) is -1.15. The average molecular weight is 497 g/mol. The van der Waals surface area contributed by atoms with Gasteiger partial charge in [-0.25, -0.2) is 4.98 Å². The van der Waals surface area contributed by atoms with Crippen LogP contribution in [0.4, 0.5) is 32.2 Å². The van der Waals surface area contributed by atoms with Gasteiger partial charge in [0.2, 0.25) is 5.88 Å². The van der Waals surface area contributed by atoms with Crippen molar-refractivity contribution >= 4 is 16.9 Å². The zero-order valence-electron chi connectivity index (χ0n) is 17.8. The highest BCUT2D eigenvalue weighted by molar-refractivity contribution is 5.73. The van der Waals surface area contributed by atoms with Crippen LogP contribution < -0.4 is 9.64 Å². The molecule has 4 aromatic rings. The van der Waals surface area contributed by atoms with E-state index in [1.807, 2.05) is 0 Å². The molecule has 0 unspecified atom stereocenters. The summed E-state index contributed by atoms with van der Waals surface area (Å²) in [5, 5.41) is 3.60. The van der Waals surface area contributed by atoms with Gasteiger partial charge in [-0.05, 0) is 24.3 Å². The maximum atomic E-state index is 13.4. The number of alkyl halides is 6. The Hall–Kier alpha value is -3.77. The number of para-hydroxylation sites is 2. The van der Waals surface area contributed by atoms with E-state index >= 15 is 0 Å². The summed E-state index contributed by atoms with van der Waals surface area (Å²) < 4.78 is 90.6. The van der Waals surface area contributed by atoms with Gasteiger partial charge >= 0.3 is 18.4 Å². The standard InChI is InChI=1S/C22H17F6N5O2/c23-21(24,25)13-5-6-18(29-12-13)32-9-7-14(8-10-32)34-19-11-17(22(26,27)28)31-33(19)20-30-15-3-1-2-4-16(15)35-20/h1-6,11-12,14H,7-10H2. The van der Waals surface area contributed by atoms with Crippen LogP contribution in [-0.2, 0) is 12.4 Å². The van der Waals surface area contributed by atoms with Gasteiger partial charge in [-0.15, -0.1) is 4.68 Å². The van der Waals surface area contributed by atoms with Crippen LogP contribution in [0.5, 0.6) is 5.88 Å². The van der Waals surface area contributed by atoms with Gasteiger partial charge in [0, 0.05) is 38.2 Å². The lowest BCUT2D eigenvalue weighted by Crippen LogP contribution is -2.39. The Kier molecular flexibility index (Phi) is 5.56. The zero-order chi connectivity index (χ0) is 24.8. The minimum absolute atomic E-state index is 0.164. The second-order valence-corrected chi connectivity index (χ2v) is 7.95. The number of anilines is 1. The van der Waals surface area contributed by atoms with E-state index < -0.39 is 29.7 Å². The Morgan fingerprint density at radius 1 is 0.943 bits per heavy atom. The molecular formula is C22H17F6N5O2. The van der Waals surface area contributed by atoms with Crippen molar-refractivity contribution in [1.82, 2.24) is 19.7 Å². The second kappa shape index (κ2) is 8.47. The van der Waals surface area contributed by atoms with E-state index in [0.717, 1.165) is 23.0 Å². The number of aromatic nitrogens is 4. The SMILES string of the molecule is FC(F)(F)c1ccc(N2CCC(Oc3cc(C(F)(F)F)nn3-c3nc4ccccc4o3)CC2)nc1. The Bertz CT molecular complexity index is 1290. The third kappa shape index (κ3) is 4.75. The van der Waals surface area contributed by atoms with Crippen molar-refractivity contribution in [3.8, 4) is 11.9 Å². The van der Waals surface area contributed by atoms with Crippen LogP contribution in [-0.4, -0.2) is 38.9 Å². The van der Waals surface area contributed by atoms with Crippen LogP contribution in [0.25, 0.3) is 17.1 Å². The fourth-order valence-corrected chi connectivity index (χ4v) is 3.79. The van der Waals surface area contributed by atoms with Crippen LogP contribution in [0.15, 0.2) is 53.1 Å². The number of oxazole rings is 1. The van der Waals surface area contributed by atoms with Crippen molar-refractivity contribution in [1.29, 1.82) is 0 Å². The quantitative estimate of drug-likeness (QED) is 0.347. The Labute approximate surface area is 193 Å². The van der Waals surface area contributed by atoms with Gasteiger partial charge in [0.05, 0.1) is 5.56 Å². The normalized spacial score (nSPS) is 15.7. The van der Waals surface area contributed by atoms with Gasteiger partial charge in [0.25, 0.3) is 0 Å². The summed E-state index contributed by atoms with van der Waals surface area (Å²) in [4.78, 5) is 9.88. The minimum Gasteiger partial charge on any atom is -0.474 e. The molecule has 0 N–H and O–H groups in total. The highest BCUT2D eigenvalue weighted by Gasteiger charge is 2.37. The first-order valence-electron chi connectivity index (χ1n) is 10.6. The van der Waals surface area contributed by atoms with Crippen LogP contribution in [0.2, 0.25) is 0 Å². The maximum Gasteiger partial charge on any atom is 0.435 e. The molecule has 1 aromatic carbocycles. The second-order valence-electron chi connectivity index (χ2n) is 7.95. The van der Waals surface area contributed by atoms with E-state index in [9.17, 15) is 26.3 Å². The molecule has 1 aliphatic heterocycles. The number of piperidine rings is 1. The third-order valence-electron chi connectivity index (χ3n) is 5.56. The minimum atomic E-state index is -4.70. The summed E-state index contributed by atoms with van der Waals surface area (Å²) in [6.45, 7) is 0.790. The largest absolute Gasteiger partial charge is 0.474 e. The Balaban J connectivity index is 1.33.